The van der Waals surface area contributed by atoms with E-state index in [2.05, 4.69) is 155 Å². The van der Waals surface area contributed by atoms with Gasteiger partial charge in [-0.25, -0.2) is 0 Å². The maximum Gasteiger partial charge on any atom is -1.00 e. The molecular weight excluding hydrogens is 667 g/mol. The van der Waals surface area contributed by atoms with Crippen molar-refractivity contribution in [1.82, 2.24) is 0 Å². The standard InChI is InChI=1S/C21H25.C13H21.C8H8.2ClH.Zr/c1-20(2,3)16-7-9-18-14(12-16)11-15-13-17(21(4,5)6)8-10-19(15)18;1-5-6-7-11-8-9-12(10-11)13(2,3)4;1-2-8-6-4-3-5-7-8;;;/h7-13H,1-6H3;9-11H,5-7H2,1-4H3;3-7H,1H3;2*1H;/q;;;;;+2/p-2. The van der Waals surface area contributed by atoms with Crippen LogP contribution in [0.1, 0.15) is 127 Å². The number of hydrogen-bond donors (Lipinski definition) is 0. The Balaban J connectivity index is 0.00000276. The van der Waals surface area contributed by atoms with Gasteiger partial charge in [0.1, 0.15) is 0 Å². The molecule has 3 heteroatoms. The summed E-state index contributed by atoms with van der Waals surface area (Å²) < 4.78 is 3.97. The molecule has 45 heavy (non-hydrogen) atoms. The predicted molar refractivity (Wildman–Crippen MR) is 186 cm³/mol. The van der Waals surface area contributed by atoms with E-state index in [9.17, 15) is 0 Å². The molecule has 0 saturated carbocycles. The first-order valence-corrected chi connectivity index (χ1v) is 20.5. The van der Waals surface area contributed by atoms with E-state index >= 15 is 0 Å². The average molecular weight is 721 g/mol. The Labute approximate surface area is 295 Å². The van der Waals surface area contributed by atoms with Crippen LogP contribution in [0.3, 0.4) is 0 Å². The Morgan fingerprint density at radius 1 is 0.689 bits per heavy atom. The zero-order valence-electron chi connectivity index (χ0n) is 29.5. The number of rotatable bonds is 6. The third-order valence-electron chi connectivity index (χ3n) is 9.78. The van der Waals surface area contributed by atoms with Gasteiger partial charge in [-0.3, -0.25) is 0 Å². The molecule has 0 aliphatic heterocycles. The molecule has 0 nitrogen and oxygen atoms in total. The maximum absolute atomic E-state index is 2.71. The van der Waals surface area contributed by atoms with Gasteiger partial charge in [0, 0.05) is 0 Å². The first-order valence-electron chi connectivity index (χ1n) is 16.6. The van der Waals surface area contributed by atoms with E-state index in [1.807, 2.05) is 3.28 Å². The molecule has 0 saturated heterocycles. The Kier molecular flexibility index (Phi) is 12.1. The van der Waals surface area contributed by atoms with Crippen molar-refractivity contribution in [3.05, 3.63) is 116 Å². The third-order valence-corrected chi connectivity index (χ3v) is 18.2. The van der Waals surface area contributed by atoms with Crippen molar-refractivity contribution >= 4 is 3.21 Å². The summed E-state index contributed by atoms with van der Waals surface area (Å²) >= 11 is -2.62. The smallest absolute Gasteiger partial charge is 1.00 e. The third kappa shape index (κ3) is 7.80. The van der Waals surface area contributed by atoms with Crippen LogP contribution in [-0.4, -0.2) is 3.21 Å². The first kappa shape index (κ1) is 37.9. The van der Waals surface area contributed by atoms with E-state index in [-0.39, 0.29) is 41.1 Å². The van der Waals surface area contributed by atoms with Gasteiger partial charge in [0.2, 0.25) is 0 Å². The SMILES string of the molecule is CCCCC1C=C(C(C)(C)C)C=[C]1/[Zr+2](=[C](\C)c1ccccc1)[CH]1c2cc(C(C)(C)C)ccc2-c2ccc(C(C)(C)C)cc21.[Cl-].[Cl-]. The molecule has 2 aliphatic carbocycles. The van der Waals surface area contributed by atoms with Crippen LogP contribution >= 0.6 is 0 Å². The van der Waals surface area contributed by atoms with Gasteiger partial charge in [0.15, 0.2) is 0 Å². The minimum Gasteiger partial charge on any atom is -1.00 e. The van der Waals surface area contributed by atoms with E-state index in [4.69, 9.17) is 0 Å². The summed E-state index contributed by atoms with van der Waals surface area (Å²) in [6.45, 7) is 26.2. The quantitative estimate of drug-likeness (QED) is 0.298. The van der Waals surface area contributed by atoms with E-state index in [1.54, 1.807) is 19.9 Å². The van der Waals surface area contributed by atoms with Gasteiger partial charge in [-0.1, -0.05) is 0 Å². The van der Waals surface area contributed by atoms with Crippen molar-refractivity contribution in [3.63, 3.8) is 0 Å². The summed E-state index contributed by atoms with van der Waals surface area (Å²) in [6.07, 6.45) is 9.20. The molecule has 0 fully saturated rings. The molecule has 2 aliphatic rings. The predicted octanol–water partition coefficient (Wildman–Crippen LogP) is 5.89. The zero-order valence-corrected chi connectivity index (χ0v) is 33.5. The van der Waals surface area contributed by atoms with Gasteiger partial charge in [-0.05, 0) is 0 Å². The number of fused-ring (bicyclic) bond motifs is 3. The van der Waals surface area contributed by atoms with Crippen LogP contribution in [-0.2, 0) is 32.1 Å². The summed E-state index contributed by atoms with van der Waals surface area (Å²) in [5, 5.41) is 0. The normalized spacial score (nSPS) is 16.6. The molecule has 3 aromatic rings. The van der Waals surface area contributed by atoms with Gasteiger partial charge in [-0.15, -0.1) is 0 Å². The van der Waals surface area contributed by atoms with E-state index in [1.165, 1.54) is 47.1 Å². The number of unbranched alkanes of at least 4 members (excludes halogenated alkanes) is 1. The monoisotopic (exact) mass is 718 g/mol. The number of halogens is 2. The Morgan fingerprint density at radius 2 is 1.20 bits per heavy atom. The molecule has 240 valence electrons. The van der Waals surface area contributed by atoms with Crippen LogP contribution in [0, 0.1) is 11.3 Å². The molecule has 1 atom stereocenters. The fourth-order valence-corrected chi connectivity index (χ4v) is 16.1. The van der Waals surface area contributed by atoms with Crippen molar-refractivity contribution < 1.29 is 46.1 Å². The second-order valence-electron chi connectivity index (χ2n) is 16.2. The molecule has 0 spiro atoms. The van der Waals surface area contributed by atoms with E-state index in [0.717, 1.165) is 0 Å². The van der Waals surface area contributed by atoms with Gasteiger partial charge in [0.25, 0.3) is 0 Å². The van der Waals surface area contributed by atoms with Crippen molar-refractivity contribution in [1.29, 1.82) is 0 Å². The van der Waals surface area contributed by atoms with E-state index < -0.39 is 21.3 Å². The molecular formula is C42H54Cl2Zr. The molecule has 3 aromatic carbocycles. The maximum atomic E-state index is 2.71. The summed E-state index contributed by atoms with van der Waals surface area (Å²) in [4.78, 5) is 0. The van der Waals surface area contributed by atoms with Gasteiger partial charge >= 0.3 is 272 Å². The number of hydrogen-bond acceptors (Lipinski definition) is 0. The Morgan fingerprint density at radius 3 is 1.64 bits per heavy atom. The minimum atomic E-state index is -2.62. The Hall–Kier alpha value is -1.53. The van der Waals surface area contributed by atoms with Crippen molar-refractivity contribution in [2.75, 3.05) is 0 Å². The van der Waals surface area contributed by atoms with Crippen LogP contribution in [0.5, 0.6) is 0 Å². The summed E-state index contributed by atoms with van der Waals surface area (Å²) in [5.41, 5.74) is 12.4. The van der Waals surface area contributed by atoms with Crippen LogP contribution in [0.15, 0.2) is 87.7 Å². The second kappa shape index (κ2) is 14.3. The van der Waals surface area contributed by atoms with Crippen molar-refractivity contribution in [3.8, 4) is 11.1 Å². The molecule has 0 aromatic heterocycles. The summed E-state index contributed by atoms with van der Waals surface area (Å²) in [5.74, 6) is 0.561. The van der Waals surface area contributed by atoms with Crippen LogP contribution < -0.4 is 24.8 Å². The Bertz CT molecular complexity index is 1540. The first-order chi connectivity index (χ1) is 20.1. The van der Waals surface area contributed by atoms with Crippen molar-refractivity contribution in [2.24, 2.45) is 11.3 Å². The minimum absolute atomic E-state index is 0. The number of allylic oxidation sites excluding steroid dienone is 4. The molecule has 5 rings (SSSR count). The topological polar surface area (TPSA) is 0 Å². The summed E-state index contributed by atoms with van der Waals surface area (Å²) in [7, 11) is 0. The molecule has 0 amide bonds. The van der Waals surface area contributed by atoms with Crippen LogP contribution in [0.25, 0.3) is 11.1 Å². The molecule has 0 radical (unpaired) electrons. The summed E-state index contributed by atoms with van der Waals surface area (Å²) in [6, 6.07) is 26.3. The van der Waals surface area contributed by atoms with Gasteiger partial charge in [0.05, 0.1) is 0 Å². The zero-order chi connectivity index (χ0) is 31.3. The van der Waals surface area contributed by atoms with Gasteiger partial charge in [-0.2, -0.15) is 0 Å². The van der Waals surface area contributed by atoms with Crippen LogP contribution in [0.4, 0.5) is 0 Å². The molecule has 0 N–H and O–H groups in total. The largest absolute Gasteiger partial charge is 1.00 e. The number of benzene rings is 3. The van der Waals surface area contributed by atoms with Crippen molar-refractivity contribution in [2.45, 2.75) is 110 Å². The van der Waals surface area contributed by atoms with Crippen LogP contribution in [0.2, 0.25) is 0 Å². The average Bonchev–Trinajstić information content (AvgIpc) is 3.51. The van der Waals surface area contributed by atoms with E-state index in [0.29, 0.717) is 9.54 Å². The van der Waals surface area contributed by atoms with Gasteiger partial charge < -0.3 is 24.8 Å². The fraction of sp³-hybridized carbons (Fsp3) is 0.452. The molecule has 1 unspecified atom stereocenters. The molecule has 0 heterocycles. The molecule has 0 bridgehead atoms. The second-order valence-corrected chi connectivity index (χ2v) is 22.9. The fourth-order valence-electron chi connectivity index (χ4n) is 6.98.